The third-order valence-electron chi connectivity index (χ3n) is 2.52. The Bertz CT molecular complexity index is 682. The zero-order valence-electron chi connectivity index (χ0n) is 10.0. The molecule has 0 saturated heterocycles. The van der Waals surface area contributed by atoms with Gasteiger partial charge < -0.3 is 10.3 Å². The van der Waals surface area contributed by atoms with Crippen LogP contribution in [-0.2, 0) is 0 Å². The molecule has 0 aliphatic heterocycles. The topological polar surface area (TPSA) is 76.7 Å². The number of fused-ring (bicyclic) bond motifs is 1. The van der Waals surface area contributed by atoms with E-state index < -0.39 is 0 Å². The molecule has 0 bridgehead atoms. The van der Waals surface area contributed by atoms with Crippen LogP contribution in [0, 0.1) is 11.8 Å². The Hall–Kier alpha value is -2.22. The molecule has 5 nitrogen and oxygen atoms in total. The Kier molecular flexibility index (Phi) is 2.64. The first kappa shape index (κ1) is 11.3. The van der Waals surface area contributed by atoms with Crippen LogP contribution in [0.4, 0.5) is 5.95 Å². The fourth-order valence-corrected chi connectivity index (χ4v) is 1.80. The second-order valence-electron chi connectivity index (χ2n) is 4.07. The highest BCUT2D eigenvalue weighted by Gasteiger charge is 2.14. The minimum absolute atomic E-state index is 0.124. The smallest absolute Gasteiger partial charge is 0.263 e. The molecule has 0 aliphatic carbocycles. The largest absolute Gasteiger partial charge is 0.369 e. The van der Waals surface area contributed by atoms with Crippen molar-refractivity contribution in [3.63, 3.8) is 0 Å². The van der Waals surface area contributed by atoms with Crippen molar-refractivity contribution in [2.45, 2.75) is 26.8 Å². The summed E-state index contributed by atoms with van der Waals surface area (Å²) >= 11 is 0. The second-order valence-corrected chi connectivity index (χ2v) is 4.07. The molecule has 2 heterocycles. The highest BCUT2D eigenvalue weighted by molar-refractivity contribution is 5.83. The van der Waals surface area contributed by atoms with Crippen molar-refractivity contribution in [3.8, 4) is 11.8 Å². The van der Waals surface area contributed by atoms with E-state index in [9.17, 15) is 4.79 Å². The first-order valence-corrected chi connectivity index (χ1v) is 5.37. The van der Waals surface area contributed by atoms with Crippen LogP contribution >= 0.6 is 0 Å². The summed E-state index contributed by atoms with van der Waals surface area (Å²) in [6.07, 6.45) is 1.84. The number of hydrogen-bond acceptors (Lipinski definition) is 3. The number of rotatable bonds is 1. The number of anilines is 1. The highest BCUT2D eigenvalue weighted by Crippen LogP contribution is 2.19. The summed E-state index contributed by atoms with van der Waals surface area (Å²) in [6.45, 7) is 5.76. The van der Waals surface area contributed by atoms with Crippen molar-refractivity contribution in [2.24, 2.45) is 0 Å². The molecule has 0 amide bonds. The SMILES string of the molecule is CC#Cc1cn(C(C)C)c2nc(N)[nH]c(=O)c12. The Morgan fingerprint density at radius 2 is 2.24 bits per heavy atom. The zero-order valence-corrected chi connectivity index (χ0v) is 10.0. The Morgan fingerprint density at radius 1 is 1.53 bits per heavy atom. The van der Waals surface area contributed by atoms with Gasteiger partial charge in [0.05, 0.1) is 10.9 Å². The second kappa shape index (κ2) is 3.98. The van der Waals surface area contributed by atoms with E-state index in [4.69, 9.17) is 5.73 Å². The maximum absolute atomic E-state index is 11.9. The molecule has 0 aliphatic rings. The van der Waals surface area contributed by atoms with E-state index in [0.29, 0.717) is 16.6 Å². The lowest BCUT2D eigenvalue weighted by Gasteiger charge is -2.07. The summed E-state index contributed by atoms with van der Waals surface area (Å²) in [5, 5.41) is 0.502. The van der Waals surface area contributed by atoms with E-state index in [2.05, 4.69) is 21.8 Å². The van der Waals surface area contributed by atoms with Gasteiger partial charge >= 0.3 is 0 Å². The van der Waals surface area contributed by atoms with E-state index >= 15 is 0 Å². The van der Waals surface area contributed by atoms with Gasteiger partial charge in [0, 0.05) is 12.2 Å². The number of H-pyrrole nitrogens is 1. The molecule has 2 aromatic rings. The summed E-state index contributed by atoms with van der Waals surface area (Å²) in [5.41, 5.74) is 6.58. The number of aromatic nitrogens is 3. The van der Waals surface area contributed by atoms with Gasteiger partial charge in [-0.05, 0) is 20.8 Å². The van der Waals surface area contributed by atoms with Gasteiger partial charge in [-0.3, -0.25) is 9.78 Å². The first-order chi connectivity index (χ1) is 8.04. The average molecular weight is 230 g/mol. The minimum Gasteiger partial charge on any atom is -0.369 e. The van der Waals surface area contributed by atoms with Crippen molar-refractivity contribution >= 4 is 17.0 Å². The normalized spacial score (nSPS) is 10.6. The van der Waals surface area contributed by atoms with Crippen molar-refractivity contribution < 1.29 is 0 Å². The monoisotopic (exact) mass is 230 g/mol. The number of aromatic amines is 1. The van der Waals surface area contributed by atoms with Crippen LogP contribution in [0.2, 0.25) is 0 Å². The Labute approximate surface area is 98.7 Å². The molecule has 0 spiro atoms. The maximum Gasteiger partial charge on any atom is 0.263 e. The minimum atomic E-state index is -0.246. The third kappa shape index (κ3) is 1.78. The molecule has 17 heavy (non-hydrogen) atoms. The standard InChI is InChI=1S/C12H14N4O/c1-4-5-8-6-16(7(2)3)10-9(8)11(17)15-12(13)14-10/h6-7H,1-3H3,(H3,13,14,15,17). The van der Waals surface area contributed by atoms with Gasteiger partial charge in [-0.15, -0.1) is 5.92 Å². The van der Waals surface area contributed by atoms with Crippen LogP contribution < -0.4 is 11.3 Å². The first-order valence-electron chi connectivity index (χ1n) is 5.37. The molecule has 0 radical (unpaired) electrons. The quantitative estimate of drug-likeness (QED) is 0.724. The zero-order chi connectivity index (χ0) is 12.6. The van der Waals surface area contributed by atoms with Gasteiger partial charge in [-0.1, -0.05) is 5.92 Å². The molecular formula is C12H14N4O. The van der Waals surface area contributed by atoms with Crippen LogP contribution in [0.15, 0.2) is 11.0 Å². The van der Waals surface area contributed by atoms with Gasteiger partial charge in [-0.2, -0.15) is 4.98 Å². The predicted molar refractivity (Wildman–Crippen MR) is 67.7 cm³/mol. The number of nitrogens with zero attached hydrogens (tertiary/aromatic N) is 2. The van der Waals surface area contributed by atoms with Gasteiger partial charge in [-0.25, -0.2) is 0 Å². The molecule has 0 fully saturated rings. The highest BCUT2D eigenvalue weighted by atomic mass is 16.1. The molecule has 0 saturated carbocycles. The Balaban J connectivity index is 2.94. The molecule has 0 aromatic carbocycles. The lowest BCUT2D eigenvalue weighted by Crippen LogP contribution is -2.12. The number of nitrogens with two attached hydrogens (primary N) is 1. The van der Waals surface area contributed by atoms with Gasteiger partial charge in [0.1, 0.15) is 0 Å². The molecule has 2 rings (SSSR count). The van der Waals surface area contributed by atoms with E-state index in [1.165, 1.54) is 0 Å². The van der Waals surface area contributed by atoms with Gasteiger partial charge in [0.15, 0.2) is 5.65 Å². The molecule has 0 atom stereocenters. The predicted octanol–water partition coefficient (Wildman–Crippen LogP) is 1.26. The van der Waals surface area contributed by atoms with Gasteiger partial charge in [0.2, 0.25) is 5.95 Å². The lowest BCUT2D eigenvalue weighted by molar-refractivity contribution is 0.617. The summed E-state index contributed by atoms with van der Waals surface area (Å²) in [6, 6.07) is 0.193. The number of hydrogen-bond donors (Lipinski definition) is 2. The average Bonchev–Trinajstić information content (AvgIpc) is 2.57. The van der Waals surface area contributed by atoms with E-state index in [-0.39, 0.29) is 17.5 Å². The van der Waals surface area contributed by atoms with E-state index in [1.54, 1.807) is 6.92 Å². The molecule has 0 unspecified atom stereocenters. The van der Waals surface area contributed by atoms with Crippen molar-refractivity contribution in [1.82, 2.24) is 14.5 Å². The number of nitrogens with one attached hydrogen (secondary N) is 1. The van der Waals surface area contributed by atoms with E-state index in [1.807, 2.05) is 24.6 Å². The summed E-state index contributed by atoms with van der Waals surface area (Å²) in [4.78, 5) is 18.5. The fraction of sp³-hybridized carbons (Fsp3) is 0.333. The summed E-state index contributed by atoms with van der Waals surface area (Å²) in [7, 11) is 0. The molecule has 5 heteroatoms. The van der Waals surface area contributed by atoms with Crippen LogP contribution in [0.25, 0.3) is 11.0 Å². The summed E-state index contributed by atoms with van der Waals surface area (Å²) in [5.74, 6) is 5.83. The molecular weight excluding hydrogens is 216 g/mol. The molecule has 88 valence electrons. The maximum atomic E-state index is 11.9. The fourth-order valence-electron chi connectivity index (χ4n) is 1.80. The van der Waals surface area contributed by atoms with Crippen LogP contribution in [-0.4, -0.2) is 14.5 Å². The number of nitrogen functional groups attached to an aromatic ring is 1. The van der Waals surface area contributed by atoms with Crippen molar-refractivity contribution in [2.75, 3.05) is 5.73 Å². The van der Waals surface area contributed by atoms with Crippen molar-refractivity contribution in [3.05, 3.63) is 22.1 Å². The van der Waals surface area contributed by atoms with Crippen LogP contribution in [0.1, 0.15) is 32.4 Å². The Morgan fingerprint density at radius 3 is 2.82 bits per heavy atom. The summed E-state index contributed by atoms with van der Waals surface area (Å²) < 4.78 is 1.90. The van der Waals surface area contributed by atoms with Crippen molar-refractivity contribution in [1.29, 1.82) is 0 Å². The third-order valence-corrected chi connectivity index (χ3v) is 2.52. The van der Waals surface area contributed by atoms with E-state index in [0.717, 1.165) is 0 Å². The lowest BCUT2D eigenvalue weighted by atomic mass is 10.2. The van der Waals surface area contributed by atoms with Crippen LogP contribution in [0.5, 0.6) is 0 Å². The molecule has 3 N–H and O–H groups in total. The van der Waals surface area contributed by atoms with Crippen LogP contribution in [0.3, 0.4) is 0 Å². The van der Waals surface area contributed by atoms with Gasteiger partial charge in [0.25, 0.3) is 5.56 Å². The molecule has 2 aromatic heterocycles.